The Balaban J connectivity index is 0.000000425. The first kappa shape index (κ1) is 28.7. The van der Waals surface area contributed by atoms with Crippen molar-refractivity contribution < 1.29 is 19.1 Å². The average molecular weight is 527 g/mol. The minimum Gasteiger partial charge on any atom is -0.489 e. The number of esters is 1. The van der Waals surface area contributed by atoms with Crippen LogP contribution in [0.25, 0.3) is 11.3 Å². The van der Waals surface area contributed by atoms with Crippen LogP contribution in [0.15, 0.2) is 60.5 Å². The van der Waals surface area contributed by atoms with Gasteiger partial charge in [0.15, 0.2) is 0 Å². The fraction of sp³-hybridized carbons (Fsp3) is 0.214. The smallest absolute Gasteiger partial charge is 0.339 e. The van der Waals surface area contributed by atoms with Gasteiger partial charge in [-0.2, -0.15) is 0 Å². The van der Waals surface area contributed by atoms with Crippen LogP contribution in [0.4, 0.5) is 5.69 Å². The molecule has 36 heavy (non-hydrogen) atoms. The number of allylic oxidation sites excluding steroid dienone is 1. The van der Waals surface area contributed by atoms with Crippen LogP contribution in [0.1, 0.15) is 45.8 Å². The summed E-state index contributed by atoms with van der Waals surface area (Å²) in [6.45, 7) is 9.75. The summed E-state index contributed by atoms with van der Waals surface area (Å²) in [5.41, 5.74) is 10.7. The Bertz CT molecular complexity index is 1250. The number of nitrogens with two attached hydrogens (primary N) is 1. The van der Waals surface area contributed by atoms with Crippen LogP contribution in [0.5, 0.6) is 5.75 Å². The Hall–Kier alpha value is -3.55. The number of thiophene rings is 1. The monoisotopic (exact) mass is 526 g/mol. The standard InChI is InChI=1S/C21H23NO4S.C7H8ClN/c1-5-17(21(24)25-6-2)20-19(14(4)22)16(12-27-20)11-26-18-9-7-8-15(10-23)13(18)3;1-9-7-4-2-3-6(8)5-7/h5,7-10,12H,4,6,11,22H2,1-3H3;2-5,9H,1H3/b17-5+;. The van der Waals surface area contributed by atoms with Crippen molar-refractivity contribution in [1.82, 2.24) is 0 Å². The van der Waals surface area contributed by atoms with Gasteiger partial charge in [-0.25, -0.2) is 4.79 Å². The van der Waals surface area contributed by atoms with Crippen LogP contribution >= 0.6 is 22.9 Å². The first-order chi connectivity index (χ1) is 17.3. The molecule has 1 heterocycles. The molecule has 3 rings (SSSR count). The van der Waals surface area contributed by atoms with Crippen LogP contribution in [0.2, 0.25) is 5.02 Å². The first-order valence-electron chi connectivity index (χ1n) is 11.3. The molecular weight excluding hydrogens is 496 g/mol. The topological polar surface area (TPSA) is 90.7 Å². The molecule has 0 fully saturated rings. The minimum atomic E-state index is -0.397. The lowest BCUT2D eigenvalue weighted by molar-refractivity contribution is -0.136. The van der Waals surface area contributed by atoms with Crippen molar-refractivity contribution in [2.45, 2.75) is 27.4 Å². The summed E-state index contributed by atoms with van der Waals surface area (Å²) in [7, 11) is 1.87. The van der Waals surface area contributed by atoms with Crippen molar-refractivity contribution >= 4 is 52.2 Å². The second kappa shape index (κ2) is 14.1. The summed E-state index contributed by atoms with van der Waals surface area (Å²) in [5.74, 6) is 0.226. The van der Waals surface area contributed by atoms with E-state index >= 15 is 0 Å². The van der Waals surface area contributed by atoms with Crippen molar-refractivity contribution in [3.05, 3.63) is 92.7 Å². The van der Waals surface area contributed by atoms with Crippen LogP contribution in [0, 0.1) is 6.92 Å². The predicted octanol–water partition coefficient (Wildman–Crippen LogP) is 6.73. The molecule has 0 aliphatic heterocycles. The van der Waals surface area contributed by atoms with Gasteiger partial charge < -0.3 is 20.5 Å². The molecule has 3 aromatic rings. The fourth-order valence-corrected chi connectivity index (χ4v) is 4.66. The molecule has 0 saturated carbocycles. The number of halogens is 1. The first-order valence-corrected chi connectivity index (χ1v) is 12.5. The van der Waals surface area contributed by atoms with Crippen LogP contribution in [0.3, 0.4) is 0 Å². The summed E-state index contributed by atoms with van der Waals surface area (Å²) in [6.07, 6.45) is 2.51. The molecule has 1 aromatic heterocycles. The third kappa shape index (κ3) is 7.47. The highest BCUT2D eigenvalue weighted by Gasteiger charge is 2.22. The third-order valence-electron chi connectivity index (χ3n) is 5.17. The summed E-state index contributed by atoms with van der Waals surface area (Å²) in [6, 6.07) is 12.9. The zero-order valence-electron chi connectivity index (χ0n) is 20.9. The molecule has 2 aromatic carbocycles. The van der Waals surface area contributed by atoms with E-state index < -0.39 is 5.97 Å². The van der Waals surface area contributed by atoms with Crippen LogP contribution in [-0.4, -0.2) is 25.9 Å². The average Bonchev–Trinajstić information content (AvgIpc) is 3.28. The molecule has 0 aliphatic carbocycles. The predicted molar refractivity (Wildman–Crippen MR) is 150 cm³/mol. The van der Waals surface area contributed by atoms with E-state index in [1.165, 1.54) is 11.3 Å². The number of anilines is 1. The van der Waals surface area contributed by atoms with Crippen molar-refractivity contribution in [2.24, 2.45) is 5.73 Å². The quantitative estimate of drug-likeness (QED) is 0.182. The number of ether oxygens (including phenoxy) is 2. The summed E-state index contributed by atoms with van der Waals surface area (Å²) < 4.78 is 11.0. The minimum absolute atomic E-state index is 0.241. The van der Waals surface area contributed by atoms with Gasteiger partial charge in [0.05, 0.1) is 17.1 Å². The zero-order chi connectivity index (χ0) is 26.7. The maximum absolute atomic E-state index is 12.2. The Morgan fingerprint density at radius 1 is 1.25 bits per heavy atom. The van der Waals surface area contributed by atoms with Crippen molar-refractivity contribution in [3.63, 3.8) is 0 Å². The van der Waals surface area contributed by atoms with E-state index in [2.05, 4.69) is 11.9 Å². The molecule has 6 nitrogen and oxygen atoms in total. The molecule has 8 heteroatoms. The highest BCUT2D eigenvalue weighted by atomic mass is 35.5. The lowest BCUT2D eigenvalue weighted by atomic mass is 10.0. The lowest BCUT2D eigenvalue weighted by Gasteiger charge is -2.12. The highest BCUT2D eigenvalue weighted by molar-refractivity contribution is 7.12. The number of hydrogen-bond donors (Lipinski definition) is 2. The SMILES string of the molecule is C=C(N)c1c(COc2cccc(C=O)c2C)csc1/C(=C\C)C(=O)OCC.CNc1cccc(Cl)c1. The normalized spacial score (nSPS) is 10.6. The van der Waals surface area contributed by atoms with E-state index in [4.69, 9.17) is 26.8 Å². The maximum Gasteiger partial charge on any atom is 0.339 e. The van der Waals surface area contributed by atoms with Crippen LogP contribution in [-0.2, 0) is 16.1 Å². The second-order valence-electron chi connectivity index (χ2n) is 7.55. The Kier molecular flexibility index (Phi) is 11.2. The van der Waals surface area contributed by atoms with Crippen molar-refractivity contribution in [2.75, 3.05) is 19.0 Å². The van der Waals surface area contributed by atoms with E-state index in [-0.39, 0.29) is 6.61 Å². The largest absolute Gasteiger partial charge is 0.489 e. The molecule has 3 N–H and O–H groups in total. The number of aldehydes is 1. The van der Waals surface area contributed by atoms with E-state index in [0.29, 0.717) is 39.6 Å². The Morgan fingerprint density at radius 3 is 2.53 bits per heavy atom. The van der Waals surface area contributed by atoms with Gasteiger partial charge in [0.2, 0.25) is 0 Å². The molecule has 0 amide bonds. The van der Waals surface area contributed by atoms with Gasteiger partial charge in [0.25, 0.3) is 0 Å². The summed E-state index contributed by atoms with van der Waals surface area (Å²) >= 11 is 7.08. The molecule has 0 saturated heterocycles. The number of rotatable bonds is 9. The van der Waals surface area contributed by atoms with Crippen molar-refractivity contribution in [1.29, 1.82) is 0 Å². The molecule has 0 aliphatic rings. The second-order valence-corrected chi connectivity index (χ2v) is 8.87. The Morgan fingerprint density at radius 2 is 1.97 bits per heavy atom. The van der Waals surface area contributed by atoms with Gasteiger partial charge in [-0.1, -0.05) is 42.5 Å². The molecule has 0 atom stereocenters. The maximum atomic E-state index is 12.2. The van der Waals surface area contributed by atoms with E-state index in [1.54, 1.807) is 32.1 Å². The van der Waals surface area contributed by atoms with Gasteiger partial charge in [0, 0.05) is 45.7 Å². The molecule has 190 valence electrons. The lowest BCUT2D eigenvalue weighted by Crippen LogP contribution is -2.09. The molecule has 0 bridgehead atoms. The van der Waals surface area contributed by atoms with E-state index in [0.717, 1.165) is 28.1 Å². The zero-order valence-corrected chi connectivity index (χ0v) is 22.5. The van der Waals surface area contributed by atoms with Gasteiger partial charge in [0.1, 0.15) is 18.6 Å². The van der Waals surface area contributed by atoms with Gasteiger partial charge in [-0.05, 0) is 50.4 Å². The Labute approximate surface area is 221 Å². The number of nitrogens with one attached hydrogen (secondary N) is 1. The van der Waals surface area contributed by atoms with E-state index in [9.17, 15) is 9.59 Å². The highest BCUT2D eigenvalue weighted by Crippen LogP contribution is 2.34. The number of hydrogen-bond acceptors (Lipinski definition) is 7. The van der Waals surface area contributed by atoms with Gasteiger partial charge in [-0.3, -0.25) is 4.79 Å². The van der Waals surface area contributed by atoms with Crippen molar-refractivity contribution in [3.8, 4) is 5.75 Å². The molecular formula is C28H31ClN2O4S. The van der Waals surface area contributed by atoms with Gasteiger partial charge in [-0.15, -0.1) is 11.3 Å². The number of benzene rings is 2. The molecule has 0 unspecified atom stereocenters. The summed E-state index contributed by atoms with van der Waals surface area (Å²) in [4.78, 5) is 24.0. The van der Waals surface area contributed by atoms with Gasteiger partial charge >= 0.3 is 5.97 Å². The number of carbonyl (C=O) groups is 2. The summed E-state index contributed by atoms with van der Waals surface area (Å²) in [5, 5.41) is 5.64. The third-order valence-corrected chi connectivity index (χ3v) is 6.46. The fourth-order valence-electron chi connectivity index (χ4n) is 3.32. The number of carbonyl (C=O) groups excluding carboxylic acids is 2. The van der Waals surface area contributed by atoms with Crippen LogP contribution < -0.4 is 15.8 Å². The molecule has 0 radical (unpaired) electrons. The van der Waals surface area contributed by atoms with E-state index in [1.807, 2.05) is 49.7 Å². The molecule has 0 spiro atoms.